The molecule has 1 heterocycles. The molecule has 246 valence electrons. The van der Waals surface area contributed by atoms with Crippen LogP contribution < -0.4 is 11.1 Å². The van der Waals surface area contributed by atoms with Crippen molar-refractivity contribution < 1.29 is 9.59 Å². The van der Waals surface area contributed by atoms with E-state index in [0.29, 0.717) is 31.0 Å². The fraction of sp³-hybridized carbons (Fsp3) is 0.368. The second kappa shape index (κ2) is 17.5. The highest BCUT2D eigenvalue weighted by Crippen LogP contribution is 2.33. The van der Waals surface area contributed by atoms with Crippen molar-refractivity contribution in [2.24, 2.45) is 11.7 Å². The molecular weight excluding hydrogens is 615 g/mol. The third-order valence-corrected chi connectivity index (χ3v) is 8.78. The smallest absolute Gasteiger partial charge is 0.251 e. The molecule has 0 spiro atoms. The molecule has 0 aromatic heterocycles. The van der Waals surface area contributed by atoms with Crippen molar-refractivity contribution in [3.63, 3.8) is 0 Å². The molecule has 0 bridgehead atoms. The number of carbonyl (C=O) groups excluding carboxylic acids is 2. The maximum absolute atomic E-state index is 14.4. The minimum absolute atomic E-state index is 0. The summed E-state index contributed by atoms with van der Waals surface area (Å²) in [5, 5.41) is 5.19. The van der Waals surface area contributed by atoms with Gasteiger partial charge in [-0.1, -0.05) is 92.7 Å². The second-order valence-corrected chi connectivity index (χ2v) is 12.4. The molecule has 1 unspecified atom stereocenters. The van der Waals surface area contributed by atoms with Gasteiger partial charge in [-0.3, -0.25) is 9.59 Å². The summed E-state index contributed by atoms with van der Waals surface area (Å²) >= 11 is 0. The number of piperidine rings is 1. The zero-order valence-electron chi connectivity index (χ0n) is 27.2. The van der Waals surface area contributed by atoms with E-state index in [1.54, 1.807) is 0 Å². The number of hydrogen-bond donors (Lipinski definition) is 2. The fourth-order valence-electron chi connectivity index (χ4n) is 6.67. The van der Waals surface area contributed by atoms with Crippen LogP contribution in [-0.2, 0) is 11.2 Å². The maximum Gasteiger partial charge on any atom is 0.251 e. The van der Waals surface area contributed by atoms with E-state index in [-0.39, 0.29) is 48.7 Å². The van der Waals surface area contributed by atoms with Crippen molar-refractivity contribution >= 4 is 47.4 Å². The Kier molecular flexibility index (Phi) is 14.1. The zero-order chi connectivity index (χ0) is 31.1. The predicted molar refractivity (Wildman–Crippen MR) is 195 cm³/mol. The normalized spacial score (nSPS) is 14.3. The molecule has 0 aliphatic carbocycles. The average Bonchev–Trinajstić information content (AvgIpc) is 3.04. The Balaban J connectivity index is 0.00000288. The Bertz CT molecular complexity index is 1580. The predicted octanol–water partition coefficient (Wildman–Crippen LogP) is 7.29. The molecule has 3 N–H and O–H groups in total. The fourth-order valence-corrected chi connectivity index (χ4v) is 6.67. The molecule has 4 aromatic carbocycles. The summed E-state index contributed by atoms with van der Waals surface area (Å²) in [5.41, 5.74) is 10.2. The van der Waals surface area contributed by atoms with Gasteiger partial charge in [0.1, 0.15) is 0 Å². The third-order valence-electron chi connectivity index (χ3n) is 8.78. The lowest BCUT2D eigenvalue weighted by Crippen LogP contribution is -2.49. The first-order chi connectivity index (χ1) is 21.4. The quantitative estimate of drug-likeness (QED) is 0.177. The Morgan fingerprint density at radius 2 is 1.57 bits per heavy atom. The van der Waals surface area contributed by atoms with E-state index in [2.05, 4.69) is 72.3 Å². The van der Waals surface area contributed by atoms with Crippen LogP contribution in [0.15, 0.2) is 91.0 Å². The highest BCUT2D eigenvalue weighted by molar-refractivity contribution is 6.01. The topological polar surface area (TPSA) is 78.7 Å². The van der Waals surface area contributed by atoms with Gasteiger partial charge in [0.2, 0.25) is 5.91 Å². The third kappa shape index (κ3) is 8.89. The van der Waals surface area contributed by atoms with Crippen LogP contribution in [0.5, 0.6) is 0 Å². The first-order valence-electron chi connectivity index (χ1n) is 16.0. The van der Waals surface area contributed by atoms with Gasteiger partial charge in [-0.15, -0.1) is 24.8 Å². The van der Waals surface area contributed by atoms with E-state index in [1.165, 1.54) is 0 Å². The Hall–Kier alpha value is -3.42. The number of nitrogens with zero attached hydrogens (tertiary/aromatic N) is 2. The van der Waals surface area contributed by atoms with Crippen molar-refractivity contribution in [2.45, 2.75) is 52.1 Å². The lowest BCUT2D eigenvalue weighted by atomic mass is 9.93. The van der Waals surface area contributed by atoms with Gasteiger partial charge in [0.05, 0.1) is 12.5 Å². The van der Waals surface area contributed by atoms with Gasteiger partial charge in [0.25, 0.3) is 5.91 Å². The Morgan fingerprint density at radius 3 is 2.30 bits per heavy atom. The number of carbonyl (C=O) groups is 2. The van der Waals surface area contributed by atoms with Crippen LogP contribution in [0.1, 0.15) is 61.1 Å². The van der Waals surface area contributed by atoms with E-state index in [1.807, 2.05) is 54.6 Å². The van der Waals surface area contributed by atoms with Crippen molar-refractivity contribution in [1.82, 2.24) is 15.1 Å². The number of fused-ring (bicyclic) bond motifs is 1. The highest BCUT2D eigenvalue weighted by atomic mass is 35.5. The molecule has 8 heteroatoms. The number of benzene rings is 4. The molecule has 5 rings (SSSR count). The zero-order valence-corrected chi connectivity index (χ0v) is 28.8. The summed E-state index contributed by atoms with van der Waals surface area (Å²) in [6.07, 6.45) is 2.28. The first kappa shape index (κ1) is 37.0. The van der Waals surface area contributed by atoms with Gasteiger partial charge in [-0.25, -0.2) is 0 Å². The molecular formula is C38H48Cl2N4O2. The van der Waals surface area contributed by atoms with Crippen molar-refractivity contribution in [2.75, 3.05) is 32.7 Å². The Morgan fingerprint density at radius 1 is 0.891 bits per heavy atom. The van der Waals surface area contributed by atoms with Crippen LogP contribution in [0.2, 0.25) is 0 Å². The summed E-state index contributed by atoms with van der Waals surface area (Å²) in [4.78, 5) is 32.0. The lowest BCUT2D eigenvalue weighted by molar-refractivity contribution is -0.136. The molecule has 46 heavy (non-hydrogen) atoms. The number of halogens is 2. The standard InChI is InChI=1S/C38H46N4O2.2ClH/c1-27(2)26-41-22-18-33(19-23-41)42(37(43)25-32-14-8-11-29-10-4-5-15-34(29)32)28(3)30-12-9-13-31(24-30)35-16-6-7-17-36(35)38(44)40-21-20-39;;/h4-17,24,27-28,33H,18-23,25-26,39H2,1-3H3,(H,40,44);2*1H. The van der Waals surface area contributed by atoms with E-state index >= 15 is 0 Å². The number of amides is 2. The average molecular weight is 664 g/mol. The molecule has 1 fully saturated rings. The summed E-state index contributed by atoms with van der Waals surface area (Å²) in [5.74, 6) is 0.644. The Labute approximate surface area is 286 Å². The van der Waals surface area contributed by atoms with Crippen LogP contribution in [0.4, 0.5) is 0 Å². The summed E-state index contributed by atoms with van der Waals surface area (Å²) in [6.45, 7) is 10.6. The van der Waals surface area contributed by atoms with Crippen molar-refractivity contribution in [1.29, 1.82) is 0 Å². The van der Waals surface area contributed by atoms with Crippen LogP contribution in [0.25, 0.3) is 21.9 Å². The van der Waals surface area contributed by atoms with Crippen LogP contribution >= 0.6 is 24.8 Å². The summed E-state index contributed by atoms with van der Waals surface area (Å²) in [7, 11) is 0. The maximum atomic E-state index is 14.4. The molecule has 1 saturated heterocycles. The molecule has 1 atom stereocenters. The molecule has 0 saturated carbocycles. The molecule has 0 radical (unpaired) electrons. The van der Waals surface area contributed by atoms with Gasteiger partial charge < -0.3 is 20.9 Å². The van der Waals surface area contributed by atoms with E-state index in [4.69, 9.17) is 5.73 Å². The second-order valence-electron chi connectivity index (χ2n) is 12.4. The number of rotatable bonds is 11. The van der Waals surface area contributed by atoms with Crippen LogP contribution in [0, 0.1) is 5.92 Å². The number of likely N-dealkylation sites (tertiary alicyclic amines) is 1. The van der Waals surface area contributed by atoms with Gasteiger partial charge in [-0.05, 0) is 70.8 Å². The van der Waals surface area contributed by atoms with Gasteiger partial charge in [0, 0.05) is 44.3 Å². The molecule has 2 amide bonds. The van der Waals surface area contributed by atoms with Crippen LogP contribution in [-0.4, -0.2) is 60.4 Å². The van der Waals surface area contributed by atoms with Crippen molar-refractivity contribution in [3.8, 4) is 11.1 Å². The summed E-state index contributed by atoms with van der Waals surface area (Å²) < 4.78 is 0. The van der Waals surface area contributed by atoms with Crippen molar-refractivity contribution in [3.05, 3.63) is 108 Å². The highest BCUT2D eigenvalue weighted by Gasteiger charge is 2.32. The largest absolute Gasteiger partial charge is 0.351 e. The first-order valence-corrected chi connectivity index (χ1v) is 16.0. The van der Waals surface area contributed by atoms with E-state index in [0.717, 1.165) is 65.5 Å². The number of nitrogens with one attached hydrogen (secondary N) is 1. The number of hydrogen-bond acceptors (Lipinski definition) is 4. The van der Waals surface area contributed by atoms with Gasteiger partial charge in [0.15, 0.2) is 0 Å². The molecule has 4 aromatic rings. The van der Waals surface area contributed by atoms with Gasteiger partial charge in [-0.2, -0.15) is 0 Å². The SMILES string of the molecule is CC(C)CN1CCC(N(C(=O)Cc2cccc3ccccc23)C(C)c2cccc(-c3ccccc3C(=O)NCCN)c2)CC1.Cl.Cl. The number of nitrogens with two attached hydrogens (primary N) is 1. The molecule has 6 nitrogen and oxygen atoms in total. The molecule has 1 aliphatic rings. The minimum atomic E-state index is -0.135. The van der Waals surface area contributed by atoms with E-state index < -0.39 is 0 Å². The molecule has 1 aliphatic heterocycles. The lowest BCUT2D eigenvalue weighted by Gasteiger charge is -2.42. The van der Waals surface area contributed by atoms with E-state index in [9.17, 15) is 9.59 Å². The monoisotopic (exact) mass is 662 g/mol. The van der Waals surface area contributed by atoms with Gasteiger partial charge >= 0.3 is 0 Å². The minimum Gasteiger partial charge on any atom is -0.351 e. The van der Waals surface area contributed by atoms with Crippen LogP contribution in [0.3, 0.4) is 0 Å². The summed E-state index contributed by atoms with van der Waals surface area (Å²) in [6, 6.07) is 30.6.